The van der Waals surface area contributed by atoms with Crippen LogP contribution in [0.3, 0.4) is 0 Å². The number of H-pyrrole nitrogens is 1. The number of fused-ring (bicyclic) bond motifs is 1. The summed E-state index contributed by atoms with van der Waals surface area (Å²) in [5, 5.41) is 7.70. The van der Waals surface area contributed by atoms with Crippen LogP contribution in [-0.2, 0) is 6.42 Å². The first-order chi connectivity index (χ1) is 14.3. The normalized spacial score (nSPS) is 17.1. The molecule has 1 saturated heterocycles. The second-order valence-electron chi connectivity index (χ2n) is 7.80. The van der Waals surface area contributed by atoms with Crippen LogP contribution >= 0.6 is 0 Å². The molecule has 1 unspecified atom stereocenters. The number of imidazole rings is 1. The SMILES string of the molecule is Cc1cccc(-c2[nH]c(CCC3CCCNC3)nc2-c2ccn3ncnc3c2)n1. The number of aryl methyl sites for hydroxylation is 2. The van der Waals surface area contributed by atoms with Gasteiger partial charge in [-0.2, -0.15) is 5.10 Å². The van der Waals surface area contributed by atoms with Gasteiger partial charge in [0.25, 0.3) is 0 Å². The molecule has 4 aromatic heterocycles. The third kappa shape index (κ3) is 3.78. The Morgan fingerprint density at radius 2 is 2.17 bits per heavy atom. The molecule has 0 aromatic carbocycles. The van der Waals surface area contributed by atoms with Crippen molar-refractivity contribution >= 4 is 5.65 Å². The van der Waals surface area contributed by atoms with Crippen molar-refractivity contribution in [2.75, 3.05) is 13.1 Å². The molecule has 0 spiro atoms. The van der Waals surface area contributed by atoms with Crippen LogP contribution in [0.1, 0.15) is 30.8 Å². The quantitative estimate of drug-likeness (QED) is 0.548. The van der Waals surface area contributed by atoms with E-state index in [0.29, 0.717) is 0 Å². The number of rotatable bonds is 5. The molecule has 5 heterocycles. The average molecular weight is 387 g/mol. The van der Waals surface area contributed by atoms with Crippen molar-refractivity contribution < 1.29 is 0 Å². The van der Waals surface area contributed by atoms with E-state index in [1.54, 1.807) is 10.8 Å². The van der Waals surface area contributed by atoms with E-state index in [1.807, 2.05) is 43.5 Å². The van der Waals surface area contributed by atoms with E-state index in [1.165, 1.54) is 12.8 Å². The maximum absolute atomic E-state index is 4.99. The summed E-state index contributed by atoms with van der Waals surface area (Å²) in [5.74, 6) is 1.75. The zero-order valence-electron chi connectivity index (χ0n) is 16.6. The van der Waals surface area contributed by atoms with Crippen molar-refractivity contribution in [3.05, 3.63) is 54.4 Å². The Bertz CT molecular complexity index is 1120. The minimum Gasteiger partial charge on any atom is -0.340 e. The number of nitrogens with one attached hydrogen (secondary N) is 2. The zero-order valence-corrected chi connectivity index (χ0v) is 16.6. The predicted octanol–water partition coefficient (Wildman–Crippen LogP) is 3.42. The van der Waals surface area contributed by atoms with Gasteiger partial charge in [0.05, 0.1) is 17.1 Å². The molecule has 1 aliphatic heterocycles. The van der Waals surface area contributed by atoms with Crippen LogP contribution < -0.4 is 5.32 Å². The Hall–Kier alpha value is -3.06. The molecular weight excluding hydrogens is 362 g/mol. The van der Waals surface area contributed by atoms with Crippen molar-refractivity contribution in [3.8, 4) is 22.6 Å². The van der Waals surface area contributed by atoms with Gasteiger partial charge in [0.1, 0.15) is 12.2 Å². The number of hydrogen-bond acceptors (Lipinski definition) is 5. The van der Waals surface area contributed by atoms with Crippen LogP contribution in [0.2, 0.25) is 0 Å². The molecule has 0 saturated carbocycles. The fourth-order valence-electron chi connectivity index (χ4n) is 4.09. The third-order valence-electron chi connectivity index (χ3n) is 5.64. The highest BCUT2D eigenvalue weighted by Gasteiger charge is 2.18. The Morgan fingerprint density at radius 3 is 3.03 bits per heavy atom. The minimum absolute atomic E-state index is 0.727. The highest BCUT2D eigenvalue weighted by atomic mass is 15.3. The van der Waals surface area contributed by atoms with Crippen LogP contribution in [0, 0.1) is 12.8 Å². The number of hydrogen-bond donors (Lipinski definition) is 2. The summed E-state index contributed by atoms with van der Waals surface area (Å²) in [6.45, 7) is 4.28. The largest absolute Gasteiger partial charge is 0.340 e. The van der Waals surface area contributed by atoms with Crippen LogP contribution in [0.5, 0.6) is 0 Å². The summed E-state index contributed by atoms with van der Waals surface area (Å²) < 4.78 is 1.76. The van der Waals surface area contributed by atoms with Gasteiger partial charge in [-0.3, -0.25) is 4.98 Å². The average Bonchev–Trinajstić information content (AvgIpc) is 3.39. The monoisotopic (exact) mass is 387 g/mol. The highest BCUT2D eigenvalue weighted by Crippen LogP contribution is 2.30. The maximum Gasteiger partial charge on any atom is 0.155 e. The lowest BCUT2D eigenvalue weighted by Gasteiger charge is -2.22. The van der Waals surface area contributed by atoms with Gasteiger partial charge in [0.15, 0.2) is 5.65 Å². The molecule has 0 amide bonds. The number of piperidine rings is 1. The van der Waals surface area contributed by atoms with Crippen LogP contribution in [-0.4, -0.2) is 42.6 Å². The standard InChI is InChI=1S/C22H25N7/c1-15-4-2-6-18(26-15)22-21(17-9-11-29-20(12-17)24-14-25-29)27-19(28-22)8-7-16-5-3-10-23-13-16/h2,4,6,9,11-12,14,16,23H,3,5,7-8,10,13H2,1H3,(H,27,28). The topological polar surface area (TPSA) is 83.8 Å². The van der Waals surface area contributed by atoms with Crippen molar-refractivity contribution in [1.82, 2.24) is 34.9 Å². The molecule has 7 heteroatoms. The van der Waals surface area contributed by atoms with E-state index < -0.39 is 0 Å². The van der Waals surface area contributed by atoms with Gasteiger partial charge < -0.3 is 10.3 Å². The Kier molecular flexibility index (Phi) is 4.81. The lowest BCUT2D eigenvalue weighted by atomic mass is 9.95. The van der Waals surface area contributed by atoms with Crippen LogP contribution in [0.15, 0.2) is 42.9 Å². The molecule has 1 aliphatic rings. The summed E-state index contributed by atoms with van der Waals surface area (Å²) in [6, 6.07) is 10.1. The first-order valence-corrected chi connectivity index (χ1v) is 10.3. The summed E-state index contributed by atoms with van der Waals surface area (Å²) in [4.78, 5) is 17.6. The number of aromatic amines is 1. The second-order valence-corrected chi connectivity index (χ2v) is 7.80. The summed E-state index contributed by atoms with van der Waals surface area (Å²) in [6.07, 6.45) is 8.15. The minimum atomic E-state index is 0.727. The molecule has 4 aromatic rings. The van der Waals surface area contributed by atoms with E-state index in [9.17, 15) is 0 Å². The third-order valence-corrected chi connectivity index (χ3v) is 5.64. The molecule has 0 aliphatic carbocycles. The van der Waals surface area contributed by atoms with Crippen LogP contribution in [0.4, 0.5) is 0 Å². The number of aromatic nitrogens is 6. The van der Waals surface area contributed by atoms with E-state index in [2.05, 4.69) is 20.4 Å². The molecule has 29 heavy (non-hydrogen) atoms. The molecule has 1 fully saturated rings. The Balaban J connectivity index is 1.51. The summed E-state index contributed by atoms with van der Waals surface area (Å²) in [5.41, 5.74) is 5.62. The molecule has 2 N–H and O–H groups in total. The Labute approximate surface area is 169 Å². The second kappa shape index (κ2) is 7.75. The first kappa shape index (κ1) is 18.0. The molecular formula is C22H25N7. The van der Waals surface area contributed by atoms with Gasteiger partial charge in [-0.15, -0.1) is 0 Å². The van der Waals surface area contributed by atoms with Crippen molar-refractivity contribution in [3.63, 3.8) is 0 Å². The smallest absolute Gasteiger partial charge is 0.155 e. The van der Waals surface area contributed by atoms with E-state index in [4.69, 9.17) is 9.97 Å². The first-order valence-electron chi connectivity index (χ1n) is 10.3. The Morgan fingerprint density at radius 1 is 1.21 bits per heavy atom. The van der Waals surface area contributed by atoms with Gasteiger partial charge in [-0.1, -0.05) is 6.07 Å². The predicted molar refractivity (Wildman–Crippen MR) is 112 cm³/mol. The summed E-state index contributed by atoms with van der Waals surface area (Å²) in [7, 11) is 0. The van der Waals surface area contributed by atoms with Gasteiger partial charge in [0, 0.05) is 23.9 Å². The molecule has 148 valence electrons. The molecule has 7 nitrogen and oxygen atoms in total. The van der Waals surface area contributed by atoms with E-state index in [-0.39, 0.29) is 0 Å². The van der Waals surface area contributed by atoms with Gasteiger partial charge >= 0.3 is 0 Å². The van der Waals surface area contributed by atoms with E-state index >= 15 is 0 Å². The van der Waals surface area contributed by atoms with Crippen LogP contribution in [0.25, 0.3) is 28.3 Å². The van der Waals surface area contributed by atoms with Crippen molar-refractivity contribution in [1.29, 1.82) is 0 Å². The molecule has 5 rings (SSSR count). The molecule has 0 bridgehead atoms. The molecule has 1 atom stereocenters. The number of nitrogens with zero attached hydrogens (tertiary/aromatic N) is 5. The van der Waals surface area contributed by atoms with Gasteiger partial charge in [0.2, 0.25) is 0 Å². The van der Waals surface area contributed by atoms with E-state index in [0.717, 1.165) is 71.7 Å². The maximum atomic E-state index is 4.99. The fourth-order valence-corrected chi connectivity index (χ4v) is 4.09. The fraction of sp³-hybridized carbons (Fsp3) is 0.364. The van der Waals surface area contributed by atoms with Crippen molar-refractivity contribution in [2.45, 2.75) is 32.6 Å². The zero-order chi connectivity index (χ0) is 19.6. The lowest BCUT2D eigenvalue weighted by Crippen LogP contribution is -2.30. The highest BCUT2D eigenvalue weighted by molar-refractivity contribution is 5.78. The molecule has 0 radical (unpaired) electrons. The lowest BCUT2D eigenvalue weighted by molar-refractivity contribution is 0.356. The van der Waals surface area contributed by atoms with Gasteiger partial charge in [-0.05, 0) is 69.5 Å². The van der Waals surface area contributed by atoms with Gasteiger partial charge in [-0.25, -0.2) is 14.5 Å². The number of pyridine rings is 2. The van der Waals surface area contributed by atoms with Crippen molar-refractivity contribution in [2.24, 2.45) is 5.92 Å². The summed E-state index contributed by atoms with van der Waals surface area (Å²) >= 11 is 0.